The predicted molar refractivity (Wildman–Crippen MR) is 76.7 cm³/mol. The fourth-order valence-corrected chi connectivity index (χ4v) is 2.52. The van der Waals surface area contributed by atoms with Crippen LogP contribution in [0.1, 0.15) is 33.1 Å². The third-order valence-corrected chi connectivity index (χ3v) is 3.44. The maximum atomic E-state index is 5.44. The Morgan fingerprint density at radius 2 is 2.26 bits per heavy atom. The van der Waals surface area contributed by atoms with Gasteiger partial charge in [0.25, 0.3) is 0 Å². The molecule has 0 saturated carbocycles. The van der Waals surface area contributed by atoms with Crippen LogP contribution in [-0.4, -0.2) is 42.3 Å². The predicted octanol–water partition coefficient (Wildman–Crippen LogP) is 1.84. The Hall–Kier alpha value is -1.36. The molecule has 1 aromatic heterocycles. The standard InChI is InChI=1S/C14H24N4O/c1-3-15-9-12-7-5-6-8-18(12)13-10-16-11-14(17-13)19-4-2/h10-12,15H,3-9H2,1-2H3. The van der Waals surface area contributed by atoms with E-state index in [9.17, 15) is 0 Å². The fraction of sp³-hybridized carbons (Fsp3) is 0.714. The van der Waals surface area contributed by atoms with Gasteiger partial charge in [0.05, 0.1) is 19.0 Å². The Bertz CT molecular complexity index is 385. The van der Waals surface area contributed by atoms with Crippen molar-refractivity contribution in [3.63, 3.8) is 0 Å². The van der Waals surface area contributed by atoms with Gasteiger partial charge in [-0.1, -0.05) is 6.92 Å². The molecule has 1 saturated heterocycles. The molecule has 0 bridgehead atoms. The Balaban J connectivity index is 2.09. The molecule has 1 unspecified atom stereocenters. The summed E-state index contributed by atoms with van der Waals surface area (Å²) in [5, 5.41) is 3.44. The maximum absolute atomic E-state index is 5.44. The Morgan fingerprint density at radius 3 is 3.05 bits per heavy atom. The smallest absolute Gasteiger partial charge is 0.234 e. The SMILES string of the molecule is CCNCC1CCCCN1c1cncc(OCC)n1. The number of ether oxygens (including phenoxy) is 1. The molecule has 2 rings (SSSR count). The second-order valence-corrected chi connectivity index (χ2v) is 4.80. The quantitative estimate of drug-likeness (QED) is 0.849. The van der Waals surface area contributed by atoms with Crippen LogP contribution in [0.2, 0.25) is 0 Å². The van der Waals surface area contributed by atoms with Gasteiger partial charge in [-0.25, -0.2) is 0 Å². The van der Waals surface area contributed by atoms with E-state index >= 15 is 0 Å². The minimum Gasteiger partial charge on any atom is -0.477 e. The Kier molecular flexibility index (Phi) is 5.39. The van der Waals surface area contributed by atoms with Gasteiger partial charge >= 0.3 is 0 Å². The first kappa shape index (κ1) is 14.1. The molecule has 19 heavy (non-hydrogen) atoms. The zero-order valence-corrected chi connectivity index (χ0v) is 11.9. The van der Waals surface area contributed by atoms with E-state index in [4.69, 9.17) is 4.74 Å². The van der Waals surface area contributed by atoms with Crippen molar-refractivity contribution in [3.05, 3.63) is 12.4 Å². The van der Waals surface area contributed by atoms with Crippen molar-refractivity contribution in [1.29, 1.82) is 0 Å². The lowest BCUT2D eigenvalue weighted by Crippen LogP contribution is -2.46. The molecule has 1 aromatic rings. The van der Waals surface area contributed by atoms with Gasteiger partial charge in [-0.2, -0.15) is 4.98 Å². The van der Waals surface area contributed by atoms with E-state index in [2.05, 4.69) is 27.1 Å². The van der Waals surface area contributed by atoms with Crippen molar-refractivity contribution in [2.45, 2.75) is 39.2 Å². The molecule has 106 valence electrons. The lowest BCUT2D eigenvalue weighted by molar-refractivity contribution is 0.324. The number of nitrogens with zero attached hydrogens (tertiary/aromatic N) is 3. The molecule has 0 aliphatic carbocycles. The highest BCUT2D eigenvalue weighted by molar-refractivity contribution is 5.39. The molecule has 0 aromatic carbocycles. The summed E-state index contributed by atoms with van der Waals surface area (Å²) in [6.45, 7) is 7.80. The van der Waals surface area contributed by atoms with Crippen LogP contribution in [0.15, 0.2) is 12.4 Å². The molecule has 2 heterocycles. The van der Waals surface area contributed by atoms with E-state index < -0.39 is 0 Å². The van der Waals surface area contributed by atoms with Crippen LogP contribution in [0, 0.1) is 0 Å². The molecule has 1 N–H and O–H groups in total. The van der Waals surface area contributed by atoms with Crippen molar-refractivity contribution in [2.75, 3.05) is 31.1 Å². The number of rotatable bonds is 6. The normalized spacial score (nSPS) is 19.5. The van der Waals surface area contributed by atoms with Gasteiger partial charge in [0, 0.05) is 19.1 Å². The van der Waals surface area contributed by atoms with Gasteiger partial charge in [-0.05, 0) is 32.7 Å². The number of hydrogen-bond donors (Lipinski definition) is 1. The zero-order chi connectivity index (χ0) is 13.5. The van der Waals surface area contributed by atoms with E-state index in [1.807, 2.05) is 13.1 Å². The minimum absolute atomic E-state index is 0.514. The zero-order valence-electron chi connectivity index (χ0n) is 11.9. The summed E-state index contributed by atoms with van der Waals surface area (Å²) in [4.78, 5) is 11.2. The molecule has 0 radical (unpaired) electrons. The first-order chi connectivity index (χ1) is 9.35. The van der Waals surface area contributed by atoms with Gasteiger partial charge in [0.15, 0.2) is 5.82 Å². The van der Waals surface area contributed by atoms with Gasteiger partial charge in [-0.15, -0.1) is 0 Å². The van der Waals surface area contributed by atoms with Crippen molar-refractivity contribution in [2.24, 2.45) is 0 Å². The highest BCUT2D eigenvalue weighted by Gasteiger charge is 2.23. The lowest BCUT2D eigenvalue weighted by atomic mass is 10.0. The van der Waals surface area contributed by atoms with Crippen LogP contribution < -0.4 is 15.0 Å². The molecule has 1 aliphatic heterocycles. The molecule has 0 spiro atoms. The number of likely N-dealkylation sites (N-methyl/N-ethyl adjacent to an activating group) is 1. The van der Waals surface area contributed by atoms with Crippen LogP contribution in [0.25, 0.3) is 0 Å². The molecular formula is C14H24N4O. The number of aromatic nitrogens is 2. The largest absolute Gasteiger partial charge is 0.477 e. The van der Waals surface area contributed by atoms with Gasteiger partial charge < -0.3 is 15.0 Å². The van der Waals surface area contributed by atoms with Gasteiger partial charge in [0.1, 0.15) is 0 Å². The number of anilines is 1. The fourth-order valence-electron chi connectivity index (χ4n) is 2.52. The second-order valence-electron chi connectivity index (χ2n) is 4.80. The third kappa shape index (κ3) is 3.80. The lowest BCUT2D eigenvalue weighted by Gasteiger charge is -2.36. The van der Waals surface area contributed by atoms with Crippen molar-refractivity contribution in [1.82, 2.24) is 15.3 Å². The molecular weight excluding hydrogens is 240 g/mol. The van der Waals surface area contributed by atoms with Crippen molar-refractivity contribution >= 4 is 5.82 Å². The van der Waals surface area contributed by atoms with Crippen molar-refractivity contribution in [3.8, 4) is 5.88 Å². The summed E-state index contributed by atoms with van der Waals surface area (Å²) in [5.74, 6) is 1.56. The average molecular weight is 264 g/mol. The van der Waals surface area contributed by atoms with Gasteiger partial charge in [0.2, 0.25) is 5.88 Å². The van der Waals surface area contributed by atoms with Crippen LogP contribution in [0.3, 0.4) is 0 Å². The summed E-state index contributed by atoms with van der Waals surface area (Å²) in [7, 11) is 0. The topological polar surface area (TPSA) is 50.3 Å². The van der Waals surface area contributed by atoms with E-state index in [-0.39, 0.29) is 0 Å². The average Bonchev–Trinajstić information content (AvgIpc) is 2.46. The first-order valence-electron chi connectivity index (χ1n) is 7.27. The molecule has 5 nitrogen and oxygen atoms in total. The van der Waals surface area contributed by atoms with Crippen molar-refractivity contribution < 1.29 is 4.74 Å². The minimum atomic E-state index is 0.514. The Morgan fingerprint density at radius 1 is 1.37 bits per heavy atom. The summed E-state index contributed by atoms with van der Waals surface area (Å²) in [6, 6.07) is 0.514. The summed E-state index contributed by atoms with van der Waals surface area (Å²) < 4.78 is 5.44. The summed E-state index contributed by atoms with van der Waals surface area (Å²) in [5.41, 5.74) is 0. The number of nitrogens with one attached hydrogen (secondary N) is 1. The second kappa shape index (κ2) is 7.28. The van der Waals surface area contributed by atoms with E-state index in [0.29, 0.717) is 18.5 Å². The highest BCUT2D eigenvalue weighted by Crippen LogP contribution is 2.23. The summed E-state index contributed by atoms with van der Waals surface area (Å²) >= 11 is 0. The Labute approximate surface area is 115 Å². The summed E-state index contributed by atoms with van der Waals surface area (Å²) in [6.07, 6.45) is 7.25. The van der Waals surface area contributed by atoms with E-state index in [1.165, 1.54) is 19.3 Å². The number of hydrogen-bond acceptors (Lipinski definition) is 5. The van der Waals surface area contributed by atoms with E-state index in [1.54, 1.807) is 6.20 Å². The molecule has 1 atom stereocenters. The molecule has 5 heteroatoms. The van der Waals surface area contributed by atoms with Crippen LogP contribution >= 0.6 is 0 Å². The molecule has 1 aliphatic rings. The molecule has 1 fully saturated rings. The first-order valence-corrected chi connectivity index (χ1v) is 7.27. The van der Waals surface area contributed by atoms with Crippen LogP contribution in [0.4, 0.5) is 5.82 Å². The highest BCUT2D eigenvalue weighted by atomic mass is 16.5. The van der Waals surface area contributed by atoms with E-state index in [0.717, 1.165) is 25.5 Å². The molecule has 0 amide bonds. The monoisotopic (exact) mass is 264 g/mol. The maximum Gasteiger partial charge on any atom is 0.234 e. The van der Waals surface area contributed by atoms with Crippen LogP contribution in [-0.2, 0) is 0 Å². The van der Waals surface area contributed by atoms with Crippen LogP contribution in [0.5, 0.6) is 5.88 Å². The third-order valence-electron chi connectivity index (χ3n) is 3.44. The number of piperidine rings is 1. The van der Waals surface area contributed by atoms with Gasteiger partial charge in [-0.3, -0.25) is 4.98 Å².